The van der Waals surface area contributed by atoms with Gasteiger partial charge in [0.1, 0.15) is 12.1 Å². The van der Waals surface area contributed by atoms with E-state index in [0.29, 0.717) is 37.8 Å². The van der Waals surface area contributed by atoms with Crippen LogP contribution >= 0.6 is 7.60 Å². The van der Waals surface area contributed by atoms with Gasteiger partial charge >= 0.3 is 13.6 Å². The maximum atomic E-state index is 13.7. The van der Waals surface area contributed by atoms with Crippen molar-refractivity contribution in [2.24, 2.45) is 5.73 Å². The molecule has 1 fully saturated rings. The van der Waals surface area contributed by atoms with Crippen LogP contribution in [-0.2, 0) is 25.1 Å². The highest BCUT2D eigenvalue weighted by atomic mass is 31.2. The molecule has 4 N–H and O–H groups in total. The molecule has 0 aromatic heterocycles. The van der Waals surface area contributed by atoms with Crippen LogP contribution < -0.4 is 5.73 Å². The van der Waals surface area contributed by atoms with Gasteiger partial charge in [-0.05, 0) is 50.6 Å². The zero-order valence-corrected chi connectivity index (χ0v) is 21.7. The first-order valence-corrected chi connectivity index (χ1v) is 14.2. The normalized spacial score (nSPS) is 18.6. The van der Waals surface area contributed by atoms with E-state index in [1.807, 2.05) is 6.07 Å². The molecule has 0 radical (unpaired) electrons. The molecule has 200 valence electrons. The Hall–Kier alpha value is -2.84. The molecule has 0 bridgehead atoms. The minimum Gasteiger partial charge on any atom is -0.480 e. The van der Waals surface area contributed by atoms with Crippen LogP contribution in [0.3, 0.4) is 0 Å². The van der Waals surface area contributed by atoms with Crippen molar-refractivity contribution in [3.63, 3.8) is 0 Å². The number of carbonyl (C=O) groups is 3. The van der Waals surface area contributed by atoms with Gasteiger partial charge in [0, 0.05) is 18.5 Å². The molecule has 3 unspecified atom stereocenters. The number of hydrogen-bond acceptors (Lipinski definition) is 6. The fraction of sp³-hybridized carbons (Fsp3) is 0.444. The van der Waals surface area contributed by atoms with E-state index in [9.17, 15) is 28.9 Å². The van der Waals surface area contributed by atoms with Gasteiger partial charge in [-0.2, -0.15) is 0 Å². The molecule has 1 saturated heterocycles. The Labute approximate surface area is 217 Å². The Morgan fingerprint density at radius 2 is 1.70 bits per heavy atom. The average molecular weight is 531 g/mol. The summed E-state index contributed by atoms with van der Waals surface area (Å²) >= 11 is 0. The molecule has 10 heteroatoms. The Morgan fingerprint density at radius 1 is 1.05 bits per heavy atom. The van der Waals surface area contributed by atoms with Gasteiger partial charge in [-0.15, -0.1) is 0 Å². The molecule has 3 rings (SSSR count). The van der Waals surface area contributed by atoms with Crippen molar-refractivity contribution in [3.05, 3.63) is 71.8 Å². The maximum Gasteiger partial charge on any atom is 0.332 e. The van der Waals surface area contributed by atoms with Gasteiger partial charge in [0.05, 0.1) is 5.66 Å². The summed E-state index contributed by atoms with van der Waals surface area (Å²) in [6.45, 7) is 0.615. The molecule has 0 saturated carbocycles. The summed E-state index contributed by atoms with van der Waals surface area (Å²) < 4.78 is 19.4. The van der Waals surface area contributed by atoms with E-state index in [1.54, 1.807) is 54.6 Å². The van der Waals surface area contributed by atoms with Crippen LogP contribution in [0, 0.1) is 0 Å². The van der Waals surface area contributed by atoms with E-state index < -0.39 is 37.3 Å². The number of nitrogens with two attached hydrogens (primary N) is 1. The van der Waals surface area contributed by atoms with E-state index in [-0.39, 0.29) is 31.6 Å². The summed E-state index contributed by atoms with van der Waals surface area (Å²) in [6, 6.07) is 16.5. The maximum absolute atomic E-state index is 13.7. The molecule has 9 nitrogen and oxygen atoms in total. The van der Waals surface area contributed by atoms with Crippen molar-refractivity contribution in [2.45, 2.75) is 62.8 Å². The number of aliphatic carboxylic acids is 1. The lowest BCUT2D eigenvalue weighted by atomic mass is 10.0. The van der Waals surface area contributed by atoms with Crippen molar-refractivity contribution in [1.82, 2.24) is 4.90 Å². The van der Waals surface area contributed by atoms with Crippen molar-refractivity contribution < 1.29 is 33.5 Å². The monoisotopic (exact) mass is 530 g/mol. The molecule has 1 aliphatic heterocycles. The van der Waals surface area contributed by atoms with Crippen LogP contribution in [0.25, 0.3) is 0 Å². The summed E-state index contributed by atoms with van der Waals surface area (Å²) in [5.41, 5.74) is 5.66. The number of unbranched alkanes of at least 4 members (excludes halogenated alkanes) is 1. The van der Waals surface area contributed by atoms with Gasteiger partial charge in [-0.25, -0.2) is 4.79 Å². The fourth-order valence-electron chi connectivity index (χ4n) is 4.58. The van der Waals surface area contributed by atoms with E-state index in [2.05, 4.69) is 0 Å². The fourth-order valence-corrected chi connectivity index (χ4v) is 6.15. The van der Waals surface area contributed by atoms with E-state index in [1.165, 1.54) is 4.90 Å². The highest BCUT2D eigenvalue weighted by Gasteiger charge is 2.42. The third-order valence-electron chi connectivity index (χ3n) is 6.59. The molecule has 2 aromatic rings. The van der Waals surface area contributed by atoms with Gasteiger partial charge in [-0.1, -0.05) is 60.7 Å². The van der Waals surface area contributed by atoms with Crippen molar-refractivity contribution in [3.8, 4) is 0 Å². The zero-order chi connectivity index (χ0) is 26.8. The van der Waals surface area contributed by atoms with Gasteiger partial charge in [0.15, 0.2) is 5.78 Å². The molecular weight excluding hydrogens is 495 g/mol. The Balaban J connectivity index is 1.86. The van der Waals surface area contributed by atoms with Gasteiger partial charge < -0.3 is 20.6 Å². The number of Topliss-reactive ketones (excluding diaryl/α,β-unsaturated/α-hetero) is 1. The molecular formula is C27H35N2O7P. The number of carbonyl (C=O) groups excluding carboxylic acids is 2. The summed E-state index contributed by atoms with van der Waals surface area (Å²) in [5, 5.41) is 9.53. The Kier molecular flexibility index (Phi) is 10.6. The van der Waals surface area contributed by atoms with Crippen LogP contribution in [0.5, 0.6) is 0 Å². The second-order valence-corrected chi connectivity index (χ2v) is 11.4. The third kappa shape index (κ3) is 8.07. The number of hydrogen-bond donors (Lipinski definition) is 3. The highest BCUT2D eigenvalue weighted by Crippen LogP contribution is 2.52. The summed E-state index contributed by atoms with van der Waals surface area (Å²) in [6.07, 6.45) is 0.528. The summed E-state index contributed by atoms with van der Waals surface area (Å²) in [7, 11) is -4.53. The standard InChI is InChI=1S/C27H35N2O7P/c28-16-8-7-15-25(26(31)29-17-9-14-23(29)27(32)33)36-37(34,35)22(18-20-10-3-1-4-11-20)19-24(30)21-12-5-2-6-13-21/h1-6,10-13,22-23,25H,7-9,14-19,28H2,(H,32,33)(H,34,35)/t22?,23-,25?/m0/s1. The predicted molar refractivity (Wildman–Crippen MR) is 139 cm³/mol. The third-order valence-corrected chi connectivity index (χ3v) is 8.43. The number of rotatable bonds is 14. The topological polar surface area (TPSA) is 147 Å². The minimum atomic E-state index is -4.53. The van der Waals surface area contributed by atoms with Crippen molar-refractivity contribution in [1.29, 1.82) is 0 Å². The number of amides is 1. The number of carboxylic acid groups (broad SMARTS) is 1. The van der Waals surface area contributed by atoms with E-state index in [0.717, 1.165) is 5.56 Å². The highest BCUT2D eigenvalue weighted by molar-refractivity contribution is 7.53. The lowest BCUT2D eigenvalue weighted by molar-refractivity contribution is -0.151. The first-order chi connectivity index (χ1) is 17.7. The predicted octanol–water partition coefficient (Wildman–Crippen LogP) is 3.65. The first kappa shape index (κ1) is 28.7. The zero-order valence-electron chi connectivity index (χ0n) is 20.8. The van der Waals surface area contributed by atoms with E-state index in [4.69, 9.17) is 10.3 Å². The van der Waals surface area contributed by atoms with Crippen LogP contribution in [-0.4, -0.2) is 63.5 Å². The number of carboxylic acids is 1. The summed E-state index contributed by atoms with van der Waals surface area (Å²) in [5.74, 6) is -2.05. The van der Waals surface area contributed by atoms with Crippen LogP contribution in [0.4, 0.5) is 0 Å². The SMILES string of the molecule is NCCCCC(OP(=O)(O)C(CC(=O)c1ccccc1)Cc1ccccc1)C(=O)N1CCC[C@H]1C(=O)O. The Morgan fingerprint density at radius 3 is 2.32 bits per heavy atom. The Bertz CT molecular complexity index is 1100. The molecule has 0 aliphatic carbocycles. The average Bonchev–Trinajstić information content (AvgIpc) is 3.39. The first-order valence-electron chi connectivity index (χ1n) is 12.6. The smallest absolute Gasteiger partial charge is 0.332 e. The molecule has 4 atom stereocenters. The number of nitrogens with zero attached hydrogens (tertiary/aromatic N) is 1. The second kappa shape index (κ2) is 13.6. The van der Waals surface area contributed by atoms with E-state index >= 15 is 0 Å². The lowest BCUT2D eigenvalue weighted by Gasteiger charge is -2.30. The minimum absolute atomic E-state index is 0.0956. The number of ketones is 1. The van der Waals surface area contributed by atoms with Crippen LogP contribution in [0.15, 0.2) is 60.7 Å². The lowest BCUT2D eigenvalue weighted by Crippen LogP contribution is -2.46. The molecule has 1 amide bonds. The van der Waals surface area contributed by atoms with Crippen LogP contribution in [0.2, 0.25) is 0 Å². The summed E-state index contributed by atoms with van der Waals surface area (Å²) in [4.78, 5) is 50.4. The molecule has 1 heterocycles. The van der Waals surface area contributed by atoms with Gasteiger partial charge in [0.25, 0.3) is 5.91 Å². The largest absolute Gasteiger partial charge is 0.480 e. The molecule has 2 aromatic carbocycles. The molecule has 1 aliphatic rings. The second-order valence-electron chi connectivity index (χ2n) is 9.31. The quantitative estimate of drug-likeness (QED) is 0.191. The van der Waals surface area contributed by atoms with Gasteiger partial charge in [0.2, 0.25) is 0 Å². The van der Waals surface area contributed by atoms with Crippen molar-refractivity contribution >= 4 is 25.3 Å². The number of likely N-dealkylation sites (tertiary alicyclic amines) is 1. The number of benzene rings is 2. The molecule has 0 spiro atoms. The van der Waals surface area contributed by atoms with Crippen LogP contribution in [0.1, 0.15) is 54.4 Å². The molecule has 37 heavy (non-hydrogen) atoms. The van der Waals surface area contributed by atoms with Gasteiger partial charge in [-0.3, -0.25) is 18.7 Å². The van der Waals surface area contributed by atoms with Crippen molar-refractivity contribution in [2.75, 3.05) is 13.1 Å².